The zero-order valence-corrected chi connectivity index (χ0v) is 4.28. The maximum atomic E-state index is 3.61. The molecule has 7 heavy (non-hydrogen) atoms. The van der Waals surface area contributed by atoms with E-state index in [0.717, 1.165) is 12.8 Å². The van der Waals surface area contributed by atoms with Crippen LogP contribution in [0.25, 0.3) is 0 Å². The highest BCUT2D eigenvalue weighted by molar-refractivity contribution is 5.17. The van der Waals surface area contributed by atoms with E-state index in [0.29, 0.717) is 5.92 Å². The molecule has 1 atom stereocenters. The van der Waals surface area contributed by atoms with E-state index < -0.39 is 0 Å². The fraction of sp³-hybridized carbons (Fsp3) is 0.429. The van der Waals surface area contributed by atoms with Crippen molar-refractivity contribution < 1.29 is 0 Å². The molecule has 0 heteroatoms. The van der Waals surface area contributed by atoms with Crippen LogP contribution in [0.15, 0.2) is 12.7 Å². The lowest BCUT2D eigenvalue weighted by molar-refractivity contribution is 0.678. The van der Waals surface area contributed by atoms with Gasteiger partial charge in [0.1, 0.15) is 0 Å². The van der Waals surface area contributed by atoms with E-state index in [1.807, 2.05) is 6.08 Å². The molecule has 0 heterocycles. The molecule has 0 aromatic rings. The van der Waals surface area contributed by atoms with Crippen molar-refractivity contribution in [1.82, 2.24) is 0 Å². The molecule has 0 aliphatic heterocycles. The second-order valence-corrected chi connectivity index (χ2v) is 1.75. The Morgan fingerprint density at radius 1 is 1.86 bits per heavy atom. The highest BCUT2D eigenvalue weighted by atomic mass is 14.1. The lowest BCUT2D eigenvalue weighted by Crippen LogP contribution is -2.00. The van der Waals surface area contributed by atoms with Gasteiger partial charge in [0.2, 0.25) is 0 Å². The van der Waals surface area contributed by atoms with Crippen LogP contribution >= 0.6 is 0 Å². The molecular weight excluding hydrogens is 84.1 g/mol. The Morgan fingerprint density at radius 2 is 2.57 bits per heavy atom. The molecule has 0 amide bonds. The maximum Gasteiger partial charge on any atom is 0.0346 e. The van der Waals surface area contributed by atoms with Gasteiger partial charge in [0.05, 0.1) is 0 Å². The van der Waals surface area contributed by atoms with Crippen molar-refractivity contribution >= 4 is 0 Å². The molecule has 0 saturated carbocycles. The second kappa shape index (κ2) is 1.84. The van der Waals surface area contributed by atoms with Crippen LogP contribution in [-0.4, -0.2) is 0 Å². The van der Waals surface area contributed by atoms with Gasteiger partial charge in [-0.05, 0) is 6.42 Å². The number of hydrogen-bond acceptors (Lipinski definition) is 0. The smallest absolute Gasteiger partial charge is 0.0346 e. The minimum absolute atomic E-state index is 0.650. The van der Waals surface area contributed by atoms with Crippen molar-refractivity contribution in [3.63, 3.8) is 0 Å². The van der Waals surface area contributed by atoms with Gasteiger partial charge < -0.3 is 0 Å². The summed E-state index contributed by atoms with van der Waals surface area (Å²) < 4.78 is 0. The third-order valence-corrected chi connectivity index (χ3v) is 1.11. The van der Waals surface area contributed by atoms with E-state index >= 15 is 0 Å². The fourth-order valence-corrected chi connectivity index (χ4v) is 0.590. The molecule has 36 valence electrons. The standard InChI is InChI=1S/C7H8/c1-2-4-7-5-3-6-7/h2,7H,1,4-5H2. The summed E-state index contributed by atoms with van der Waals surface area (Å²) in [6, 6.07) is 0. The van der Waals surface area contributed by atoms with Gasteiger partial charge in [-0.15, -0.1) is 12.5 Å². The average Bonchev–Trinajstić information content (AvgIpc) is 1.55. The van der Waals surface area contributed by atoms with Gasteiger partial charge in [-0.1, -0.05) is 12.0 Å². The Hall–Kier alpha value is -0.700. The third-order valence-electron chi connectivity index (χ3n) is 1.11. The van der Waals surface area contributed by atoms with Crippen molar-refractivity contribution in [1.29, 1.82) is 0 Å². The van der Waals surface area contributed by atoms with Crippen molar-refractivity contribution in [2.45, 2.75) is 12.8 Å². The van der Waals surface area contributed by atoms with Crippen LogP contribution in [0.4, 0.5) is 0 Å². The van der Waals surface area contributed by atoms with Gasteiger partial charge in [-0.3, -0.25) is 0 Å². The van der Waals surface area contributed by atoms with Crippen molar-refractivity contribution in [2.75, 3.05) is 0 Å². The van der Waals surface area contributed by atoms with Crippen molar-refractivity contribution in [3.8, 4) is 11.8 Å². The minimum atomic E-state index is 0.650. The summed E-state index contributed by atoms with van der Waals surface area (Å²) in [5, 5.41) is 0. The molecule has 0 radical (unpaired) electrons. The molecule has 0 fully saturated rings. The van der Waals surface area contributed by atoms with Crippen LogP contribution < -0.4 is 0 Å². The van der Waals surface area contributed by atoms with E-state index in [4.69, 9.17) is 0 Å². The van der Waals surface area contributed by atoms with Crippen molar-refractivity contribution in [2.24, 2.45) is 5.92 Å². The molecule has 1 rings (SSSR count). The van der Waals surface area contributed by atoms with E-state index in [9.17, 15) is 0 Å². The minimum Gasteiger partial charge on any atom is -0.103 e. The van der Waals surface area contributed by atoms with Crippen molar-refractivity contribution in [3.05, 3.63) is 12.7 Å². The van der Waals surface area contributed by atoms with Gasteiger partial charge in [0.15, 0.2) is 0 Å². The summed E-state index contributed by atoms with van der Waals surface area (Å²) in [6.07, 6.45) is 4.09. The van der Waals surface area contributed by atoms with Gasteiger partial charge in [0.25, 0.3) is 0 Å². The summed E-state index contributed by atoms with van der Waals surface area (Å²) in [5.74, 6) is 6.62. The van der Waals surface area contributed by atoms with Gasteiger partial charge in [0, 0.05) is 12.3 Å². The van der Waals surface area contributed by atoms with E-state index in [1.165, 1.54) is 0 Å². The Bertz CT molecular complexity index is 123. The Balaban J connectivity index is 2.22. The molecule has 0 spiro atoms. The zero-order chi connectivity index (χ0) is 5.11. The van der Waals surface area contributed by atoms with Crippen LogP contribution in [0.1, 0.15) is 12.8 Å². The van der Waals surface area contributed by atoms with Crippen LogP contribution in [0.5, 0.6) is 0 Å². The molecule has 1 aliphatic rings. The summed E-state index contributed by atoms with van der Waals surface area (Å²) in [7, 11) is 0. The molecule has 1 aliphatic carbocycles. The third kappa shape index (κ3) is 0.838. The largest absolute Gasteiger partial charge is 0.103 e. The number of rotatable bonds is 2. The molecule has 0 nitrogen and oxygen atoms in total. The first-order chi connectivity index (χ1) is 3.43. The Labute approximate surface area is 44.2 Å². The molecule has 0 N–H and O–H groups in total. The van der Waals surface area contributed by atoms with Crippen LogP contribution in [0.2, 0.25) is 0 Å². The second-order valence-electron chi connectivity index (χ2n) is 1.75. The summed E-state index contributed by atoms with van der Waals surface area (Å²) in [6.45, 7) is 3.61. The van der Waals surface area contributed by atoms with Gasteiger partial charge in [-0.2, -0.15) is 0 Å². The summed E-state index contributed by atoms with van der Waals surface area (Å²) in [4.78, 5) is 0. The Morgan fingerprint density at radius 3 is 2.71 bits per heavy atom. The molecule has 0 saturated heterocycles. The predicted octanol–water partition coefficient (Wildman–Crippen LogP) is 1.59. The first kappa shape index (κ1) is 4.46. The van der Waals surface area contributed by atoms with Crippen LogP contribution in [0, 0.1) is 17.8 Å². The van der Waals surface area contributed by atoms with Crippen LogP contribution in [-0.2, 0) is 0 Å². The normalized spacial score (nSPS) is 24.3. The fourth-order valence-electron chi connectivity index (χ4n) is 0.590. The van der Waals surface area contributed by atoms with E-state index in [2.05, 4.69) is 18.4 Å². The highest BCUT2D eigenvalue weighted by Crippen LogP contribution is 2.12. The van der Waals surface area contributed by atoms with E-state index in [-0.39, 0.29) is 0 Å². The highest BCUT2D eigenvalue weighted by Gasteiger charge is 2.04. The van der Waals surface area contributed by atoms with Crippen LogP contribution in [0.3, 0.4) is 0 Å². The maximum absolute atomic E-state index is 3.61. The molecule has 0 aromatic heterocycles. The van der Waals surface area contributed by atoms with Gasteiger partial charge in [-0.25, -0.2) is 0 Å². The van der Waals surface area contributed by atoms with Gasteiger partial charge >= 0.3 is 0 Å². The zero-order valence-electron chi connectivity index (χ0n) is 4.28. The predicted molar refractivity (Wildman–Crippen MR) is 30.7 cm³/mol. The molecular formula is C7H8. The lowest BCUT2D eigenvalue weighted by Gasteiger charge is -2.07. The molecule has 0 bridgehead atoms. The van der Waals surface area contributed by atoms with E-state index in [1.54, 1.807) is 0 Å². The lowest BCUT2D eigenvalue weighted by atomic mass is 9.96. The quantitative estimate of drug-likeness (QED) is 0.358. The Kier molecular flexibility index (Phi) is 1.17. The monoisotopic (exact) mass is 92.1 g/mol. The average molecular weight is 92.1 g/mol. The molecule has 1 unspecified atom stereocenters. The first-order valence-corrected chi connectivity index (χ1v) is 2.53. The SMILES string of the molecule is C=CCC1C#CC1. The molecule has 0 aromatic carbocycles. The first-order valence-electron chi connectivity index (χ1n) is 2.53. The topological polar surface area (TPSA) is 0 Å². The number of allylic oxidation sites excluding steroid dienone is 1. The number of hydrogen-bond donors (Lipinski definition) is 0. The summed E-state index contributed by atoms with van der Waals surface area (Å²) >= 11 is 0. The summed E-state index contributed by atoms with van der Waals surface area (Å²) in [5.41, 5.74) is 0.